The number of para-hydroxylation sites is 1. The van der Waals surface area contributed by atoms with Crippen LogP contribution in [0.25, 0.3) is 21.1 Å². The van der Waals surface area contributed by atoms with Crippen LogP contribution in [0.3, 0.4) is 0 Å². The van der Waals surface area contributed by atoms with Crippen LogP contribution in [0, 0.1) is 0 Å². The molecule has 30 heavy (non-hydrogen) atoms. The molecule has 5 rings (SSSR count). The lowest BCUT2D eigenvalue weighted by atomic mass is 10.1. The van der Waals surface area contributed by atoms with Gasteiger partial charge in [-0.05, 0) is 18.2 Å². The van der Waals surface area contributed by atoms with Crippen LogP contribution in [0.1, 0.15) is 25.8 Å². The van der Waals surface area contributed by atoms with Gasteiger partial charge in [-0.25, -0.2) is 0 Å². The lowest BCUT2D eigenvalue weighted by molar-refractivity contribution is 0.101. The predicted molar refractivity (Wildman–Crippen MR) is 121 cm³/mol. The lowest BCUT2D eigenvalue weighted by Gasteiger charge is -2.05. The summed E-state index contributed by atoms with van der Waals surface area (Å²) in [4.78, 5) is 26.6. The smallest absolute Gasteiger partial charge is 0.267 e. The summed E-state index contributed by atoms with van der Waals surface area (Å²) in [6.07, 6.45) is 0. The number of furan rings is 1. The summed E-state index contributed by atoms with van der Waals surface area (Å²) >= 11 is 7.78. The third-order valence-electron chi connectivity index (χ3n) is 4.82. The number of thiophene rings is 1. The van der Waals surface area contributed by atoms with Crippen molar-refractivity contribution >= 4 is 61.4 Å². The highest BCUT2D eigenvalue weighted by Crippen LogP contribution is 2.37. The molecule has 3 aromatic carbocycles. The number of carbonyl (C=O) groups excluding carboxylic acids is 2. The molecule has 2 heterocycles. The van der Waals surface area contributed by atoms with Crippen LogP contribution >= 0.6 is 22.9 Å². The second-order valence-electron chi connectivity index (χ2n) is 6.69. The van der Waals surface area contributed by atoms with Crippen molar-refractivity contribution in [2.45, 2.75) is 0 Å². The molecule has 0 atom stereocenters. The van der Waals surface area contributed by atoms with Gasteiger partial charge in [0.1, 0.15) is 10.5 Å². The molecule has 0 unspecified atom stereocenters. The second-order valence-corrected chi connectivity index (χ2v) is 8.12. The molecule has 0 saturated heterocycles. The molecule has 6 heteroatoms. The number of ketones is 1. The van der Waals surface area contributed by atoms with Gasteiger partial charge in [0.15, 0.2) is 5.76 Å². The Morgan fingerprint density at radius 1 is 0.833 bits per heavy atom. The number of fused-ring (bicyclic) bond motifs is 2. The standard InChI is InChI=1S/C24H14ClNO3S/c25-19-16-11-5-7-13-18(16)30-23(19)24(28)26-20-15-10-4-6-12-17(15)29-22(20)21(27)14-8-2-1-3-9-14/h1-13H,(H,26,28). The molecule has 1 amide bonds. The minimum Gasteiger partial charge on any atom is -0.450 e. The molecule has 5 aromatic rings. The van der Waals surface area contributed by atoms with Gasteiger partial charge in [-0.3, -0.25) is 9.59 Å². The van der Waals surface area contributed by atoms with Gasteiger partial charge in [0.2, 0.25) is 5.78 Å². The van der Waals surface area contributed by atoms with Gasteiger partial charge in [-0.15, -0.1) is 11.3 Å². The van der Waals surface area contributed by atoms with E-state index in [4.69, 9.17) is 16.0 Å². The Bertz CT molecular complexity index is 1420. The number of halogens is 1. The molecule has 0 aliphatic rings. The van der Waals surface area contributed by atoms with E-state index in [9.17, 15) is 9.59 Å². The Kier molecular flexibility index (Phi) is 4.62. The van der Waals surface area contributed by atoms with E-state index in [1.54, 1.807) is 30.3 Å². The number of amides is 1. The van der Waals surface area contributed by atoms with Crippen LogP contribution in [-0.4, -0.2) is 11.7 Å². The molecule has 146 valence electrons. The maximum absolute atomic E-state index is 13.1. The Balaban J connectivity index is 1.60. The average Bonchev–Trinajstić information content (AvgIpc) is 3.32. The number of carbonyl (C=O) groups is 2. The van der Waals surface area contributed by atoms with Gasteiger partial charge in [-0.2, -0.15) is 0 Å². The summed E-state index contributed by atoms with van der Waals surface area (Å²) in [6.45, 7) is 0. The first kappa shape index (κ1) is 18.6. The number of nitrogens with one attached hydrogen (secondary N) is 1. The first-order valence-corrected chi connectivity index (χ1v) is 10.4. The Hall–Kier alpha value is -3.41. The van der Waals surface area contributed by atoms with E-state index in [1.165, 1.54) is 11.3 Å². The van der Waals surface area contributed by atoms with Crippen molar-refractivity contribution in [1.29, 1.82) is 0 Å². The molecule has 0 saturated carbocycles. The van der Waals surface area contributed by atoms with Gasteiger partial charge >= 0.3 is 0 Å². The summed E-state index contributed by atoms with van der Waals surface area (Å²) < 4.78 is 6.77. The van der Waals surface area contributed by atoms with E-state index in [0.29, 0.717) is 32.1 Å². The minimum atomic E-state index is -0.380. The summed E-state index contributed by atoms with van der Waals surface area (Å²) in [7, 11) is 0. The molecular formula is C24H14ClNO3S. The normalized spacial score (nSPS) is 11.1. The fourth-order valence-corrected chi connectivity index (χ4v) is 4.79. The topological polar surface area (TPSA) is 59.3 Å². The van der Waals surface area contributed by atoms with E-state index >= 15 is 0 Å². The number of rotatable bonds is 4. The first-order chi connectivity index (χ1) is 14.6. The summed E-state index contributed by atoms with van der Waals surface area (Å²) in [5.74, 6) is -0.590. The van der Waals surface area contributed by atoms with Crippen molar-refractivity contribution in [3.8, 4) is 0 Å². The van der Waals surface area contributed by atoms with Gasteiger partial charge in [-0.1, -0.05) is 72.3 Å². The van der Waals surface area contributed by atoms with Gasteiger partial charge in [0, 0.05) is 21.0 Å². The summed E-state index contributed by atoms with van der Waals surface area (Å²) in [5, 5.41) is 4.76. The highest BCUT2D eigenvalue weighted by Gasteiger charge is 2.25. The molecule has 0 spiro atoms. The number of benzene rings is 3. The third-order valence-corrected chi connectivity index (χ3v) is 6.49. The number of anilines is 1. The Labute approximate surface area is 180 Å². The molecule has 2 aromatic heterocycles. The Morgan fingerprint density at radius 2 is 1.50 bits per heavy atom. The van der Waals surface area contributed by atoms with Crippen LogP contribution < -0.4 is 5.32 Å². The summed E-state index contributed by atoms with van der Waals surface area (Å²) in [6, 6.07) is 23.6. The van der Waals surface area contributed by atoms with E-state index in [0.717, 1.165) is 10.1 Å². The SMILES string of the molecule is O=C(c1ccccc1)c1oc2ccccc2c1NC(=O)c1sc2ccccc2c1Cl. The zero-order valence-electron chi connectivity index (χ0n) is 15.5. The van der Waals surface area contributed by atoms with Crippen molar-refractivity contribution < 1.29 is 14.0 Å². The summed E-state index contributed by atoms with van der Waals surface area (Å²) in [5.41, 5.74) is 1.35. The van der Waals surface area contributed by atoms with Crippen LogP contribution in [0.4, 0.5) is 5.69 Å². The van der Waals surface area contributed by atoms with E-state index in [2.05, 4.69) is 5.32 Å². The lowest BCUT2D eigenvalue weighted by Crippen LogP contribution is -2.13. The number of hydrogen-bond donors (Lipinski definition) is 1. The zero-order valence-corrected chi connectivity index (χ0v) is 17.1. The second kappa shape index (κ2) is 7.44. The van der Waals surface area contributed by atoms with E-state index < -0.39 is 0 Å². The monoisotopic (exact) mass is 431 g/mol. The van der Waals surface area contributed by atoms with E-state index in [1.807, 2.05) is 48.5 Å². The molecule has 0 aliphatic carbocycles. The zero-order chi connectivity index (χ0) is 20.7. The third kappa shape index (κ3) is 3.09. The van der Waals surface area contributed by atoms with Crippen molar-refractivity contribution in [1.82, 2.24) is 0 Å². The van der Waals surface area contributed by atoms with Gasteiger partial charge in [0.25, 0.3) is 5.91 Å². The fraction of sp³-hybridized carbons (Fsp3) is 0. The molecule has 0 bridgehead atoms. The predicted octanol–water partition coefficient (Wildman–Crippen LogP) is 6.78. The van der Waals surface area contributed by atoms with Crippen molar-refractivity contribution in [2.75, 3.05) is 5.32 Å². The van der Waals surface area contributed by atoms with Gasteiger partial charge in [0.05, 0.1) is 10.7 Å². The number of hydrogen-bond acceptors (Lipinski definition) is 4. The van der Waals surface area contributed by atoms with Crippen LogP contribution in [0.5, 0.6) is 0 Å². The fourth-order valence-electron chi connectivity index (χ4n) is 3.38. The van der Waals surface area contributed by atoms with Crippen LogP contribution in [-0.2, 0) is 0 Å². The molecule has 0 aliphatic heterocycles. The maximum Gasteiger partial charge on any atom is 0.267 e. The highest BCUT2D eigenvalue weighted by atomic mass is 35.5. The van der Waals surface area contributed by atoms with E-state index in [-0.39, 0.29) is 17.5 Å². The van der Waals surface area contributed by atoms with Gasteiger partial charge < -0.3 is 9.73 Å². The molecule has 0 fully saturated rings. The van der Waals surface area contributed by atoms with Crippen molar-refractivity contribution in [2.24, 2.45) is 0 Å². The largest absolute Gasteiger partial charge is 0.450 e. The minimum absolute atomic E-state index is 0.0907. The van der Waals surface area contributed by atoms with Crippen molar-refractivity contribution in [3.63, 3.8) is 0 Å². The molecular weight excluding hydrogens is 418 g/mol. The quantitative estimate of drug-likeness (QED) is 0.319. The first-order valence-electron chi connectivity index (χ1n) is 9.23. The molecule has 0 radical (unpaired) electrons. The van der Waals surface area contributed by atoms with Crippen LogP contribution in [0.15, 0.2) is 83.3 Å². The molecule has 4 nitrogen and oxygen atoms in total. The highest BCUT2D eigenvalue weighted by molar-refractivity contribution is 7.21. The molecule has 1 N–H and O–H groups in total. The average molecular weight is 432 g/mol. The maximum atomic E-state index is 13.1. The Morgan fingerprint density at radius 3 is 2.27 bits per heavy atom. The van der Waals surface area contributed by atoms with Crippen molar-refractivity contribution in [3.05, 3.63) is 100 Å². The van der Waals surface area contributed by atoms with Crippen LogP contribution in [0.2, 0.25) is 5.02 Å².